The second-order valence-electron chi connectivity index (χ2n) is 5.92. The van der Waals surface area contributed by atoms with Crippen molar-refractivity contribution in [3.05, 3.63) is 29.8 Å². The highest BCUT2D eigenvalue weighted by atomic mass is 16.2. The van der Waals surface area contributed by atoms with Crippen molar-refractivity contribution < 1.29 is 4.79 Å². The molecule has 1 saturated heterocycles. The van der Waals surface area contributed by atoms with E-state index < -0.39 is 0 Å². The van der Waals surface area contributed by atoms with Crippen molar-refractivity contribution in [3.63, 3.8) is 0 Å². The average Bonchev–Trinajstić information content (AvgIpc) is 2.48. The Morgan fingerprint density at radius 3 is 2.45 bits per heavy atom. The Morgan fingerprint density at radius 2 is 1.90 bits per heavy atom. The summed E-state index contributed by atoms with van der Waals surface area (Å²) in [7, 11) is 0. The Hall–Kier alpha value is -1.51. The molecule has 3 heteroatoms. The maximum Gasteiger partial charge on any atom is 0.244 e. The number of likely N-dealkylation sites (tertiary alicyclic amines) is 1. The molecule has 0 radical (unpaired) electrons. The molecule has 1 aromatic rings. The minimum atomic E-state index is -0.157. The molecule has 3 nitrogen and oxygen atoms in total. The number of rotatable bonds is 4. The molecule has 1 unspecified atom stereocenters. The lowest BCUT2D eigenvalue weighted by atomic mass is 9.99. The first-order valence-corrected chi connectivity index (χ1v) is 7.74. The van der Waals surface area contributed by atoms with Crippen LogP contribution in [0.5, 0.6) is 0 Å². The van der Waals surface area contributed by atoms with Crippen LogP contribution < -0.4 is 5.32 Å². The predicted molar refractivity (Wildman–Crippen MR) is 83.9 cm³/mol. The number of aryl methyl sites for hydroxylation is 1. The molecular weight excluding hydrogens is 248 g/mol. The van der Waals surface area contributed by atoms with Crippen LogP contribution in [0.3, 0.4) is 0 Å². The maximum absolute atomic E-state index is 12.4. The van der Waals surface area contributed by atoms with E-state index in [-0.39, 0.29) is 11.9 Å². The highest BCUT2D eigenvalue weighted by Crippen LogP contribution is 2.18. The van der Waals surface area contributed by atoms with Gasteiger partial charge in [-0.1, -0.05) is 26.0 Å². The molecule has 1 fully saturated rings. The van der Waals surface area contributed by atoms with Gasteiger partial charge in [-0.15, -0.1) is 0 Å². The van der Waals surface area contributed by atoms with Crippen molar-refractivity contribution in [1.29, 1.82) is 0 Å². The van der Waals surface area contributed by atoms with Crippen LogP contribution in [-0.4, -0.2) is 29.9 Å². The molecule has 0 spiro atoms. The van der Waals surface area contributed by atoms with Crippen LogP contribution in [0.4, 0.5) is 5.69 Å². The summed E-state index contributed by atoms with van der Waals surface area (Å²) in [6, 6.07) is 8.18. The van der Waals surface area contributed by atoms with Crippen LogP contribution in [0.1, 0.15) is 39.2 Å². The van der Waals surface area contributed by atoms with E-state index in [1.54, 1.807) is 0 Å². The molecule has 20 heavy (non-hydrogen) atoms. The summed E-state index contributed by atoms with van der Waals surface area (Å²) in [5.74, 6) is 0.973. The molecule has 110 valence electrons. The largest absolute Gasteiger partial charge is 0.374 e. The summed E-state index contributed by atoms with van der Waals surface area (Å²) in [5, 5.41) is 3.31. The quantitative estimate of drug-likeness (QED) is 0.913. The van der Waals surface area contributed by atoms with Gasteiger partial charge in [-0.25, -0.2) is 0 Å². The second-order valence-corrected chi connectivity index (χ2v) is 5.92. The van der Waals surface area contributed by atoms with Crippen LogP contribution in [0.2, 0.25) is 0 Å². The summed E-state index contributed by atoms with van der Waals surface area (Å²) in [6.07, 6.45) is 3.30. The second kappa shape index (κ2) is 6.78. The van der Waals surface area contributed by atoms with Gasteiger partial charge in [0.15, 0.2) is 0 Å². The zero-order chi connectivity index (χ0) is 14.5. The van der Waals surface area contributed by atoms with Crippen molar-refractivity contribution in [3.8, 4) is 0 Å². The van der Waals surface area contributed by atoms with E-state index in [1.165, 1.54) is 5.56 Å². The van der Waals surface area contributed by atoms with E-state index in [9.17, 15) is 4.79 Å². The molecule has 1 atom stereocenters. The third kappa shape index (κ3) is 3.75. The van der Waals surface area contributed by atoms with Gasteiger partial charge < -0.3 is 10.2 Å². The smallest absolute Gasteiger partial charge is 0.244 e. The van der Waals surface area contributed by atoms with E-state index in [0.717, 1.165) is 44.0 Å². The molecule has 2 rings (SSSR count). The first-order valence-electron chi connectivity index (χ1n) is 7.74. The molecule has 0 aromatic heterocycles. The van der Waals surface area contributed by atoms with Crippen LogP contribution in [0.15, 0.2) is 24.3 Å². The van der Waals surface area contributed by atoms with Gasteiger partial charge in [-0.05, 0) is 49.8 Å². The number of nitrogens with one attached hydrogen (secondary N) is 1. The first kappa shape index (κ1) is 14.9. The number of hydrogen-bond donors (Lipinski definition) is 1. The Labute approximate surface area is 122 Å². The minimum absolute atomic E-state index is 0.157. The molecule has 1 aliphatic heterocycles. The summed E-state index contributed by atoms with van der Waals surface area (Å²) in [4.78, 5) is 14.4. The molecule has 1 amide bonds. The van der Waals surface area contributed by atoms with Crippen LogP contribution in [0, 0.1) is 5.92 Å². The van der Waals surface area contributed by atoms with Gasteiger partial charge in [0.2, 0.25) is 5.91 Å². The Balaban J connectivity index is 1.89. The van der Waals surface area contributed by atoms with E-state index >= 15 is 0 Å². The standard InChI is InChI=1S/C17H26N2O/c1-4-15-5-7-16(8-6-15)18-14(3)17(20)19-11-9-13(2)10-12-19/h5-8,13-14,18H,4,9-12H2,1-3H3. The van der Waals surface area contributed by atoms with Gasteiger partial charge in [0.25, 0.3) is 0 Å². The summed E-state index contributed by atoms with van der Waals surface area (Å²) in [5.41, 5.74) is 2.34. The number of anilines is 1. The van der Waals surface area contributed by atoms with Gasteiger partial charge in [-0.2, -0.15) is 0 Å². The summed E-state index contributed by atoms with van der Waals surface area (Å²) in [6.45, 7) is 8.17. The number of nitrogens with zero attached hydrogens (tertiary/aromatic N) is 1. The number of benzene rings is 1. The monoisotopic (exact) mass is 274 g/mol. The zero-order valence-electron chi connectivity index (χ0n) is 12.9. The van der Waals surface area contributed by atoms with Gasteiger partial charge in [0.05, 0.1) is 0 Å². The molecule has 1 heterocycles. The third-order valence-electron chi connectivity index (χ3n) is 4.21. The molecule has 1 aromatic carbocycles. The summed E-state index contributed by atoms with van der Waals surface area (Å²) >= 11 is 0. The lowest BCUT2D eigenvalue weighted by Gasteiger charge is -2.32. The van der Waals surface area contributed by atoms with Crippen molar-refractivity contribution in [2.75, 3.05) is 18.4 Å². The normalized spacial score (nSPS) is 17.9. The fourth-order valence-electron chi connectivity index (χ4n) is 2.65. The van der Waals surface area contributed by atoms with Crippen molar-refractivity contribution in [2.24, 2.45) is 5.92 Å². The topological polar surface area (TPSA) is 32.3 Å². The molecule has 0 saturated carbocycles. The molecule has 0 bridgehead atoms. The zero-order valence-corrected chi connectivity index (χ0v) is 12.9. The number of piperidine rings is 1. The molecular formula is C17H26N2O. The Morgan fingerprint density at radius 1 is 1.30 bits per heavy atom. The van der Waals surface area contributed by atoms with Crippen molar-refractivity contribution >= 4 is 11.6 Å². The van der Waals surface area contributed by atoms with E-state index in [1.807, 2.05) is 11.8 Å². The SMILES string of the molecule is CCc1ccc(NC(C)C(=O)N2CCC(C)CC2)cc1. The summed E-state index contributed by atoms with van der Waals surface area (Å²) < 4.78 is 0. The minimum Gasteiger partial charge on any atom is -0.374 e. The van der Waals surface area contributed by atoms with E-state index in [2.05, 4.69) is 43.4 Å². The lowest BCUT2D eigenvalue weighted by Crippen LogP contribution is -2.45. The number of hydrogen-bond acceptors (Lipinski definition) is 2. The highest BCUT2D eigenvalue weighted by Gasteiger charge is 2.24. The van der Waals surface area contributed by atoms with E-state index in [4.69, 9.17) is 0 Å². The van der Waals surface area contributed by atoms with Gasteiger partial charge in [0, 0.05) is 18.8 Å². The lowest BCUT2D eigenvalue weighted by molar-refractivity contribution is -0.132. The number of amides is 1. The average molecular weight is 274 g/mol. The fraction of sp³-hybridized carbons (Fsp3) is 0.588. The van der Waals surface area contributed by atoms with Crippen molar-refractivity contribution in [1.82, 2.24) is 4.90 Å². The molecule has 1 N–H and O–H groups in total. The van der Waals surface area contributed by atoms with Crippen LogP contribution in [0.25, 0.3) is 0 Å². The fourth-order valence-corrected chi connectivity index (χ4v) is 2.65. The maximum atomic E-state index is 12.4. The van der Waals surface area contributed by atoms with Crippen LogP contribution >= 0.6 is 0 Å². The molecule has 0 aliphatic carbocycles. The number of carbonyl (C=O) groups excluding carboxylic acids is 1. The highest BCUT2D eigenvalue weighted by molar-refractivity contribution is 5.84. The predicted octanol–water partition coefficient (Wildman–Crippen LogP) is 3.31. The van der Waals surface area contributed by atoms with Gasteiger partial charge in [0.1, 0.15) is 6.04 Å². The van der Waals surface area contributed by atoms with Crippen LogP contribution in [-0.2, 0) is 11.2 Å². The van der Waals surface area contributed by atoms with Gasteiger partial charge >= 0.3 is 0 Å². The number of carbonyl (C=O) groups is 1. The van der Waals surface area contributed by atoms with E-state index in [0.29, 0.717) is 0 Å². The molecule has 1 aliphatic rings. The van der Waals surface area contributed by atoms with Crippen molar-refractivity contribution in [2.45, 2.75) is 46.1 Å². The first-order chi connectivity index (χ1) is 9.60. The van der Waals surface area contributed by atoms with Gasteiger partial charge in [-0.3, -0.25) is 4.79 Å². The Kier molecular flexibility index (Phi) is 5.05. The third-order valence-corrected chi connectivity index (χ3v) is 4.21. The Bertz CT molecular complexity index is 433.